The van der Waals surface area contributed by atoms with E-state index >= 15 is 0 Å². The molecule has 0 fully saturated rings. The number of hydrogen-bond donors (Lipinski definition) is 2. The third kappa shape index (κ3) is 4.90. The number of nitrogens with one attached hydrogen (secondary N) is 2. The van der Waals surface area contributed by atoms with Crippen LogP contribution in [-0.2, 0) is 12.8 Å². The Kier molecular flexibility index (Phi) is 6.94. The van der Waals surface area contributed by atoms with Crippen molar-refractivity contribution >= 4 is 54.7 Å². The number of aryl methyl sites for hydroxylation is 2. The third-order valence-electron chi connectivity index (χ3n) is 5.52. The highest BCUT2D eigenvalue weighted by molar-refractivity contribution is 8.89. The van der Waals surface area contributed by atoms with Gasteiger partial charge in [0.2, 0.25) is 0 Å². The minimum atomic E-state index is 0.317. The molecule has 2 unspecified atom stereocenters. The van der Waals surface area contributed by atoms with Crippen LogP contribution in [0.1, 0.15) is 60.0 Å². The van der Waals surface area contributed by atoms with Gasteiger partial charge in [-0.05, 0) is 82.4 Å². The summed E-state index contributed by atoms with van der Waals surface area (Å²) in [6.07, 6.45) is 7.00. The summed E-state index contributed by atoms with van der Waals surface area (Å²) in [5, 5.41) is 7.07. The van der Waals surface area contributed by atoms with E-state index in [0.29, 0.717) is 12.1 Å². The fourth-order valence-corrected chi connectivity index (χ4v) is 6.39. The number of rotatable bonds is 2. The molecule has 0 bridgehead atoms. The highest BCUT2D eigenvalue weighted by Gasteiger charge is 2.22. The van der Waals surface area contributed by atoms with Crippen molar-refractivity contribution in [2.75, 3.05) is 0 Å². The van der Waals surface area contributed by atoms with Crippen molar-refractivity contribution in [3.8, 4) is 0 Å². The van der Waals surface area contributed by atoms with Crippen molar-refractivity contribution in [1.82, 2.24) is 10.6 Å². The molecule has 0 saturated carbocycles. The first kappa shape index (κ1) is 20.2. The zero-order valence-corrected chi connectivity index (χ0v) is 18.9. The molecule has 2 aliphatic rings. The van der Waals surface area contributed by atoms with Crippen LogP contribution in [0.5, 0.6) is 0 Å². The van der Waals surface area contributed by atoms with Gasteiger partial charge in [0.05, 0.1) is 12.1 Å². The molecule has 0 amide bonds. The Bertz CT molecular complexity index is 796. The predicted octanol–water partition coefficient (Wildman–Crippen LogP) is 6.27. The predicted molar refractivity (Wildman–Crippen MR) is 131 cm³/mol. The van der Waals surface area contributed by atoms with Gasteiger partial charge in [-0.1, -0.05) is 73.0 Å². The van der Waals surface area contributed by atoms with E-state index in [9.17, 15) is 0 Å². The molecule has 2 atom stereocenters. The monoisotopic (exact) mass is 444 g/mol. The van der Waals surface area contributed by atoms with Gasteiger partial charge in [0.15, 0.2) is 0 Å². The van der Waals surface area contributed by atoms with Crippen LogP contribution < -0.4 is 10.6 Å². The molecule has 0 saturated heterocycles. The van der Waals surface area contributed by atoms with E-state index < -0.39 is 0 Å². The Labute approximate surface area is 186 Å². The molecule has 28 heavy (non-hydrogen) atoms. The van der Waals surface area contributed by atoms with Crippen LogP contribution in [0, 0.1) is 0 Å². The number of fused-ring (bicyclic) bond motifs is 2. The largest absolute Gasteiger partial charge is 0.363 e. The maximum atomic E-state index is 5.59. The first-order chi connectivity index (χ1) is 13.7. The Morgan fingerprint density at radius 1 is 0.714 bits per heavy atom. The normalized spacial score (nSPS) is 20.6. The van der Waals surface area contributed by atoms with Gasteiger partial charge in [-0.2, -0.15) is 0 Å². The van der Waals surface area contributed by atoms with Crippen LogP contribution in [-0.4, -0.2) is 8.64 Å². The van der Waals surface area contributed by atoms with E-state index in [2.05, 4.69) is 59.2 Å². The number of hydrogen-bond acceptors (Lipinski definition) is 4. The fraction of sp³-hybridized carbons (Fsp3) is 0.364. The quantitative estimate of drug-likeness (QED) is 0.418. The zero-order chi connectivity index (χ0) is 19.3. The van der Waals surface area contributed by atoms with E-state index in [1.807, 2.05) is 0 Å². The maximum absolute atomic E-state index is 5.59. The lowest BCUT2D eigenvalue weighted by Gasteiger charge is -2.28. The second-order valence-electron chi connectivity index (χ2n) is 7.32. The van der Waals surface area contributed by atoms with E-state index in [1.54, 1.807) is 21.6 Å². The topological polar surface area (TPSA) is 24.1 Å². The summed E-state index contributed by atoms with van der Waals surface area (Å²) in [6, 6.07) is 18.0. The van der Waals surface area contributed by atoms with E-state index in [0.717, 1.165) is 21.5 Å². The van der Waals surface area contributed by atoms with Gasteiger partial charge in [0.25, 0.3) is 0 Å². The Morgan fingerprint density at radius 2 is 1.14 bits per heavy atom. The molecule has 2 N–H and O–H groups in total. The second-order valence-corrected chi connectivity index (χ2v) is 10.8. The molecule has 6 heteroatoms. The summed E-state index contributed by atoms with van der Waals surface area (Å²) >= 11 is 11.2. The van der Waals surface area contributed by atoms with Crippen molar-refractivity contribution in [1.29, 1.82) is 0 Å². The minimum Gasteiger partial charge on any atom is -0.363 e. The Morgan fingerprint density at radius 3 is 1.61 bits per heavy atom. The summed E-state index contributed by atoms with van der Waals surface area (Å²) in [6.45, 7) is 0. The van der Waals surface area contributed by atoms with Crippen LogP contribution in [0.15, 0.2) is 48.5 Å². The van der Waals surface area contributed by atoms with Gasteiger partial charge >= 0.3 is 0 Å². The van der Waals surface area contributed by atoms with Crippen LogP contribution in [0.25, 0.3) is 0 Å². The SMILES string of the molecule is S=C(NC1CCCc2ccccc21)SSC(=S)NC1CCCc2ccccc21. The average molecular weight is 445 g/mol. The molecular formula is C22H24N2S4. The standard InChI is InChI=1S/C22H24N2S4/c25-21(23-19-13-5-9-15-7-1-3-11-17(15)19)27-28-22(26)24-20-14-6-10-16-8-2-4-12-18(16)20/h1-4,7-8,11-12,19-20H,5-6,9-10,13-14H2,(H,23,25)(H,24,26). The second kappa shape index (κ2) is 9.61. The van der Waals surface area contributed by atoms with Crippen LogP contribution in [0.3, 0.4) is 0 Å². The summed E-state index contributed by atoms with van der Waals surface area (Å²) in [5.41, 5.74) is 5.67. The third-order valence-corrected chi connectivity index (χ3v) is 8.76. The summed E-state index contributed by atoms with van der Waals surface area (Å²) in [7, 11) is 3.11. The molecular weight excluding hydrogens is 421 g/mol. The summed E-state index contributed by atoms with van der Waals surface area (Å²) in [5.74, 6) is 0. The van der Waals surface area contributed by atoms with Crippen LogP contribution in [0.4, 0.5) is 0 Å². The Hall–Kier alpha value is -1.08. The van der Waals surface area contributed by atoms with Crippen LogP contribution >= 0.6 is 46.0 Å². The van der Waals surface area contributed by atoms with E-state index in [4.69, 9.17) is 24.4 Å². The molecule has 2 nitrogen and oxygen atoms in total. The van der Waals surface area contributed by atoms with Gasteiger partial charge in [-0.25, -0.2) is 0 Å². The number of benzene rings is 2. The van der Waals surface area contributed by atoms with Crippen molar-refractivity contribution in [2.45, 2.75) is 50.6 Å². The first-order valence-corrected chi connectivity index (χ1v) is 12.8. The van der Waals surface area contributed by atoms with Crippen molar-refractivity contribution < 1.29 is 0 Å². The molecule has 2 aromatic rings. The van der Waals surface area contributed by atoms with Crippen LogP contribution in [0.2, 0.25) is 0 Å². The molecule has 2 aromatic carbocycles. The van der Waals surface area contributed by atoms with Gasteiger partial charge < -0.3 is 10.6 Å². The molecule has 0 aliphatic heterocycles. The zero-order valence-electron chi connectivity index (χ0n) is 15.6. The molecule has 146 valence electrons. The lowest BCUT2D eigenvalue weighted by molar-refractivity contribution is 0.532. The summed E-state index contributed by atoms with van der Waals surface area (Å²) < 4.78 is 1.61. The molecule has 0 spiro atoms. The van der Waals surface area contributed by atoms with Crippen molar-refractivity contribution in [3.05, 3.63) is 70.8 Å². The summed E-state index contributed by atoms with van der Waals surface area (Å²) in [4.78, 5) is 0. The first-order valence-electron chi connectivity index (χ1n) is 9.82. The van der Waals surface area contributed by atoms with E-state index in [1.165, 1.54) is 47.9 Å². The molecule has 4 rings (SSSR count). The lowest BCUT2D eigenvalue weighted by atomic mass is 9.88. The van der Waals surface area contributed by atoms with Gasteiger partial charge in [-0.3, -0.25) is 0 Å². The lowest BCUT2D eigenvalue weighted by Crippen LogP contribution is -2.29. The van der Waals surface area contributed by atoms with Crippen molar-refractivity contribution in [3.63, 3.8) is 0 Å². The fourth-order valence-electron chi connectivity index (χ4n) is 4.22. The minimum absolute atomic E-state index is 0.317. The average Bonchev–Trinajstić information content (AvgIpc) is 2.73. The molecule has 0 heterocycles. The highest BCUT2D eigenvalue weighted by atomic mass is 33.1. The van der Waals surface area contributed by atoms with Gasteiger partial charge in [0, 0.05) is 0 Å². The Balaban J connectivity index is 1.28. The molecule has 0 radical (unpaired) electrons. The molecule has 0 aromatic heterocycles. The van der Waals surface area contributed by atoms with Gasteiger partial charge in [-0.15, -0.1) is 0 Å². The molecule has 2 aliphatic carbocycles. The smallest absolute Gasteiger partial charge is 0.145 e. The highest BCUT2D eigenvalue weighted by Crippen LogP contribution is 2.34. The number of thiocarbonyl (C=S) groups is 2. The van der Waals surface area contributed by atoms with Crippen molar-refractivity contribution in [2.24, 2.45) is 0 Å². The van der Waals surface area contributed by atoms with E-state index in [-0.39, 0.29) is 0 Å². The maximum Gasteiger partial charge on any atom is 0.145 e. The van der Waals surface area contributed by atoms with Gasteiger partial charge in [0.1, 0.15) is 8.64 Å².